The van der Waals surface area contributed by atoms with Crippen LogP contribution >= 0.6 is 0 Å². The Morgan fingerprint density at radius 3 is 2.56 bits per heavy atom. The molecule has 1 aliphatic heterocycles. The monoisotopic (exact) mass is 476 g/mol. The van der Waals surface area contributed by atoms with Gasteiger partial charge in [0.05, 0.1) is 5.56 Å². The van der Waals surface area contributed by atoms with E-state index in [1.165, 1.54) is 4.90 Å². The van der Waals surface area contributed by atoms with Crippen molar-refractivity contribution < 1.29 is 31.9 Å². The minimum atomic E-state index is -4.68. The summed E-state index contributed by atoms with van der Waals surface area (Å²) in [5.41, 5.74) is 0.685. The van der Waals surface area contributed by atoms with Crippen molar-refractivity contribution in [3.63, 3.8) is 0 Å². The number of amides is 1. The van der Waals surface area contributed by atoms with Crippen LogP contribution in [0.1, 0.15) is 40.7 Å². The number of hydrogen-bond acceptors (Lipinski definition) is 5. The molecule has 11 heteroatoms. The summed E-state index contributed by atoms with van der Waals surface area (Å²) in [5, 5.41) is 10.5. The second-order valence-electron chi connectivity index (χ2n) is 9.19. The zero-order valence-corrected chi connectivity index (χ0v) is 17.9. The fourth-order valence-corrected chi connectivity index (χ4v) is 4.99. The molecule has 0 bridgehead atoms. The number of halogens is 4. The molecule has 1 saturated carbocycles. The summed E-state index contributed by atoms with van der Waals surface area (Å²) < 4.78 is 57.0. The van der Waals surface area contributed by atoms with Crippen LogP contribution in [0.2, 0.25) is 0 Å². The lowest BCUT2D eigenvalue weighted by atomic mass is 9.56. The number of aromatic nitrogens is 3. The van der Waals surface area contributed by atoms with Gasteiger partial charge in [0.15, 0.2) is 5.78 Å². The van der Waals surface area contributed by atoms with E-state index in [2.05, 4.69) is 15.4 Å². The quantitative estimate of drug-likeness (QED) is 0.425. The summed E-state index contributed by atoms with van der Waals surface area (Å²) >= 11 is 0. The molecule has 0 atom stereocenters. The number of benzene rings is 2. The standard InChI is InChI=1S/C23H20F4N4O3/c24-17-4-13(3-16(7-17)23(25,26)27)10-34-21(33)31-11-22(12-31)8-14(9-22)5-20(32)15-1-2-18-19(6-15)29-30-28-18/h1-4,6-7,14H,5,8-12H2,(H,28,29,30). The van der Waals surface area contributed by atoms with Crippen LogP contribution in [-0.2, 0) is 17.5 Å². The summed E-state index contributed by atoms with van der Waals surface area (Å²) in [4.78, 5) is 26.3. The molecule has 34 heavy (non-hydrogen) atoms. The van der Waals surface area contributed by atoms with Crippen LogP contribution < -0.4 is 0 Å². The maximum atomic E-state index is 13.5. The molecule has 2 heterocycles. The lowest BCUT2D eigenvalue weighted by Gasteiger charge is -2.58. The van der Waals surface area contributed by atoms with Gasteiger partial charge in [0.25, 0.3) is 0 Å². The summed E-state index contributed by atoms with van der Waals surface area (Å²) in [5.74, 6) is -0.778. The third-order valence-electron chi connectivity index (χ3n) is 6.51. The number of carbonyl (C=O) groups excluding carboxylic acids is 2. The van der Waals surface area contributed by atoms with E-state index >= 15 is 0 Å². The van der Waals surface area contributed by atoms with E-state index in [0.29, 0.717) is 42.2 Å². The van der Waals surface area contributed by atoms with Crippen LogP contribution in [0.5, 0.6) is 0 Å². The lowest BCUT2D eigenvalue weighted by molar-refractivity contribution is -0.137. The Kier molecular flexibility index (Phi) is 5.29. The number of alkyl halides is 3. The van der Waals surface area contributed by atoms with Gasteiger partial charge in [-0.1, -0.05) is 0 Å². The molecule has 2 aromatic carbocycles. The van der Waals surface area contributed by atoms with Crippen molar-refractivity contribution in [3.8, 4) is 0 Å². The van der Waals surface area contributed by atoms with Crippen molar-refractivity contribution in [2.75, 3.05) is 13.1 Å². The smallest absolute Gasteiger partial charge is 0.416 e. The van der Waals surface area contributed by atoms with E-state index in [4.69, 9.17) is 4.74 Å². The summed E-state index contributed by atoms with van der Waals surface area (Å²) in [6.45, 7) is 0.493. The lowest BCUT2D eigenvalue weighted by Crippen LogP contribution is -2.63. The van der Waals surface area contributed by atoms with Crippen molar-refractivity contribution in [1.82, 2.24) is 20.3 Å². The number of aromatic amines is 1. The zero-order valence-electron chi connectivity index (χ0n) is 17.9. The molecule has 1 N–H and O–H groups in total. The molecule has 1 aliphatic carbocycles. The third-order valence-corrected chi connectivity index (χ3v) is 6.51. The van der Waals surface area contributed by atoms with Crippen molar-refractivity contribution in [2.24, 2.45) is 11.3 Å². The molecular weight excluding hydrogens is 456 g/mol. The summed E-state index contributed by atoms with van der Waals surface area (Å²) in [6, 6.07) is 7.27. The van der Waals surface area contributed by atoms with Gasteiger partial charge in [-0.15, -0.1) is 0 Å². The molecule has 2 fully saturated rings. The van der Waals surface area contributed by atoms with Gasteiger partial charge >= 0.3 is 12.3 Å². The van der Waals surface area contributed by atoms with Gasteiger partial charge in [-0.2, -0.15) is 28.6 Å². The van der Waals surface area contributed by atoms with Crippen molar-refractivity contribution in [3.05, 3.63) is 58.9 Å². The SMILES string of the molecule is O=C(CC1CC2(C1)CN(C(=O)OCc1cc(F)cc(C(F)(F)F)c1)C2)c1ccc2n[nH]nc2c1. The van der Waals surface area contributed by atoms with E-state index in [-0.39, 0.29) is 22.7 Å². The normalized spacial score (nSPS) is 17.5. The van der Waals surface area contributed by atoms with Crippen LogP contribution in [0, 0.1) is 17.2 Å². The number of carbonyl (C=O) groups is 2. The Balaban J connectivity index is 1.08. The number of ether oxygens (including phenoxy) is 1. The second kappa shape index (κ2) is 8.07. The molecule has 7 nitrogen and oxygen atoms in total. The molecule has 1 amide bonds. The molecule has 1 aromatic heterocycles. The molecular formula is C23H20F4N4O3. The predicted octanol–water partition coefficient (Wildman–Crippen LogP) is 4.74. The van der Waals surface area contributed by atoms with E-state index in [0.717, 1.165) is 25.0 Å². The molecule has 3 aromatic rings. The minimum absolute atomic E-state index is 0.0358. The van der Waals surface area contributed by atoms with Gasteiger partial charge in [-0.25, -0.2) is 9.18 Å². The Bertz CT molecular complexity index is 1260. The molecule has 0 radical (unpaired) electrons. The Morgan fingerprint density at radius 2 is 1.82 bits per heavy atom. The zero-order chi connectivity index (χ0) is 24.1. The highest BCUT2D eigenvalue weighted by Crippen LogP contribution is 2.53. The van der Waals surface area contributed by atoms with Crippen molar-refractivity contribution >= 4 is 22.9 Å². The van der Waals surface area contributed by atoms with Crippen LogP contribution in [0.3, 0.4) is 0 Å². The summed E-state index contributed by atoms with van der Waals surface area (Å²) in [7, 11) is 0. The molecule has 1 saturated heterocycles. The number of nitrogens with zero attached hydrogens (tertiary/aromatic N) is 3. The maximum absolute atomic E-state index is 13.5. The topological polar surface area (TPSA) is 88.2 Å². The number of rotatable bonds is 5. The number of Topliss-reactive ketones (excluding diaryl/α,β-unsaturated/α-hetero) is 1. The summed E-state index contributed by atoms with van der Waals surface area (Å²) in [6.07, 6.45) is -3.29. The fraction of sp³-hybridized carbons (Fsp3) is 0.391. The van der Waals surface area contributed by atoms with E-state index in [9.17, 15) is 27.2 Å². The first-order chi connectivity index (χ1) is 16.1. The van der Waals surface area contributed by atoms with E-state index in [1.807, 2.05) is 0 Å². The number of ketones is 1. The van der Waals surface area contributed by atoms with Crippen molar-refractivity contribution in [1.29, 1.82) is 0 Å². The molecule has 5 rings (SSSR count). The maximum Gasteiger partial charge on any atom is 0.416 e. The third kappa shape index (κ3) is 4.34. The molecule has 2 aliphatic rings. The number of nitrogens with one attached hydrogen (secondary N) is 1. The van der Waals surface area contributed by atoms with Crippen LogP contribution in [0.25, 0.3) is 11.0 Å². The highest BCUT2D eigenvalue weighted by molar-refractivity contribution is 5.98. The van der Waals surface area contributed by atoms with Gasteiger partial charge in [0, 0.05) is 30.5 Å². The van der Waals surface area contributed by atoms with E-state index in [1.54, 1.807) is 18.2 Å². The van der Waals surface area contributed by atoms with E-state index < -0.39 is 30.3 Å². The molecule has 0 unspecified atom stereocenters. The minimum Gasteiger partial charge on any atom is -0.445 e. The highest BCUT2D eigenvalue weighted by atomic mass is 19.4. The largest absolute Gasteiger partial charge is 0.445 e. The number of H-pyrrole nitrogens is 1. The second-order valence-corrected chi connectivity index (χ2v) is 9.19. The molecule has 1 spiro atoms. The Hall–Kier alpha value is -3.50. The van der Waals surface area contributed by atoms with Gasteiger partial charge in [-0.3, -0.25) is 4.79 Å². The first-order valence-electron chi connectivity index (χ1n) is 10.7. The number of hydrogen-bond donors (Lipinski definition) is 1. The van der Waals surface area contributed by atoms with Gasteiger partial charge < -0.3 is 9.64 Å². The van der Waals surface area contributed by atoms with Crippen LogP contribution in [0.15, 0.2) is 36.4 Å². The Morgan fingerprint density at radius 1 is 1.09 bits per heavy atom. The predicted molar refractivity (Wildman–Crippen MR) is 111 cm³/mol. The number of fused-ring (bicyclic) bond motifs is 1. The highest BCUT2D eigenvalue weighted by Gasteiger charge is 2.54. The molecule has 178 valence electrons. The Labute approximate surface area is 191 Å². The first-order valence-corrected chi connectivity index (χ1v) is 10.7. The van der Waals surface area contributed by atoms with Gasteiger partial charge in [0.1, 0.15) is 23.5 Å². The first kappa shape index (κ1) is 22.3. The van der Waals surface area contributed by atoms with Crippen LogP contribution in [0.4, 0.5) is 22.4 Å². The van der Waals surface area contributed by atoms with Gasteiger partial charge in [-0.05, 0) is 60.7 Å². The van der Waals surface area contributed by atoms with Crippen LogP contribution in [-0.4, -0.2) is 45.3 Å². The van der Waals surface area contributed by atoms with Crippen molar-refractivity contribution in [2.45, 2.75) is 32.0 Å². The fourth-order valence-electron chi connectivity index (χ4n) is 4.99. The van der Waals surface area contributed by atoms with Gasteiger partial charge in [0.2, 0.25) is 0 Å². The average molecular weight is 476 g/mol. The average Bonchev–Trinajstić information content (AvgIpc) is 3.19. The number of likely N-dealkylation sites (tertiary alicyclic amines) is 1.